The lowest BCUT2D eigenvalue weighted by Gasteiger charge is -2.14. The zero-order chi connectivity index (χ0) is 14.9. The maximum Gasteiger partial charge on any atom is 0.271 e. The molecule has 2 rings (SSSR count). The summed E-state index contributed by atoms with van der Waals surface area (Å²) in [4.78, 5) is 14.7. The number of nitrogens with one attached hydrogen (secondary N) is 1. The minimum absolute atomic E-state index is 0.182. The highest BCUT2D eigenvalue weighted by atomic mass is 16.1. The number of benzene rings is 1. The highest BCUT2D eigenvalue weighted by Crippen LogP contribution is 2.22. The SMILES string of the molecule is CCc1c(C)[nH]c(=O)c(N)c1Cc1ccc(C)c(C)c1. The van der Waals surface area contributed by atoms with Crippen LogP contribution < -0.4 is 11.3 Å². The molecular weight excluding hydrogens is 248 g/mol. The first-order valence-corrected chi connectivity index (χ1v) is 7.00. The molecule has 1 aromatic carbocycles. The van der Waals surface area contributed by atoms with Crippen LogP contribution in [0.15, 0.2) is 23.0 Å². The van der Waals surface area contributed by atoms with Gasteiger partial charge in [-0.05, 0) is 55.0 Å². The summed E-state index contributed by atoms with van der Waals surface area (Å²) in [5.41, 5.74) is 13.0. The first-order valence-electron chi connectivity index (χ1n) is 7.00. The maximum absolute atomic E-state index is 11.9. The Morgan fingerprint density at radius 1 is 1.10 bits per heavy atom. The average molecular weight is 270 g/mol. The van der Waals surface area contributed by atoms with E-state index in [0.29, 0.717) is 12.1 Å². The van der Waals surface area contributed by atoms with Crippen molar-refractivity contribution in [2.45, 2.75) is 40.5 Å². The van der Waals surface area contributed by atoms with Crippen LogP contribution in [0.2, 0.25) is 0 Å². The maximum atomic E-state index is 11.9. The molecule has 0 spiro atoms. The van der Waals surface area contributed by atoms with Crippen molar-refractivity contribution in [2.75, 3.05) is 5.73 Å². The van der Waals surface area contributed by atoms with Crippen LogP contribution in [-0.2, 0) is 12.8 Å². The molecule has 0 amide bonds. The van der Waals surface area contributed by atoms with Gasteiger partial charge in [-0.2, -0.15) is 0 Å². The molecule has 0 unspecified atom stereocenters. The molecule has 0 bridgehead atoms. The lowest BCUT2D eigenvalue weighted by atomic mass is 9.95. The quantitative estimate of drug-likeness (QED) is 0.900. The average Bonchev–Trinajstić information content (AvgIpc) is 2.40. The standard InChI is InChI=1S/C17H22N2O/c1-5-14-12(4)19-17(20)16(18)15(14)9-13-7-6-10(2)11(3)8-13/h6-8H,5,9,18H2,1-4H3,(H,19,20). The molecule has 0 radical (unpaired) electrons. The topological polar surface area (TPSA) is 58.9 Å². The third kappa shape index (κ3) is 2.62. The van der Waals surface area contributed by atoms with E-state index >= 15 is 0 Å². The summed E-state index contributed by atoms with van der Waals surface area (Å²) in [5.74, 6) is 0. The highest BCUT2D eigenvalue weighted by molar-refractivity contribution is 5.53. The number of aromatic amines is 1. The highest BCUT2D eigenvalue weighted by Gasteiger charge is 2.13. The van der Waals surface area contributed by atoms with Crippen LogP contribution in [0.1, 0.15) is 40.4 Å². The van der Waals surface area contributed by atoms with E-state index in [2.05, 4.69) is 44.0 Å². The van der Waals surface area contributed by atoms with Crippen LogP contribution in [0.25, 0.3) is 0 Å². The fourth-order valence-corrected chi connectivity index (χ4v) is 2.64. The molecule has 0 aliphatic carbocycles. The lowest BCUT2D eigenvalue weighted by molar-refractivity contribution is 0.979. The second-order valence-electron chi connectivity index (χ2n) is 5.40. The third-order valence-electron chi connectivity index (χ3n) is 3.99. The molecule has 0 fully saturated rings. The number of anilines is 1. The number of hydrogen-bond acceptors (Lipinski definition) is 2. The van der Waals surface area contributed by atoms with Crippen LogP contribution in [0.5, 0.6) is 0 Å². The summed E-state index contributed by atoms with van der Waals surface area (Å²) in [5, 5.41) is 0. The van der Waals surface area contributed by atoms with Crippen LogP contribution >= 0.6 is 0 Å². The first-order chi connectivity index (χ1) is 9.43. The predicted octanol–water partition coefficient (Wildman–Crippen LogP) is 3.04. The third-order valence-corrected chi connectivity index (χ3v) is 3.99. The molecule has 1 heterocycles. The number of pyridine rings is 1. The summed E-state index contributed by atoms with van der Waals surface area (Å²) >= 11 is 0. The normalized spacial score (nSPS) is 10.8. The molecule has 0 atom stereocenters. The van der Waals surface area contributed by atoms with Crippen molar-refractivity contribution in [3.63, 3.8) is 0 Å². The molecule has 3 nitrogen and oxygen atoms in total. The van der Waals surface area contributed by atoms with E-state index in [0.717, 1.165) is 23.2 Å². The Bertz CT molecular complexity index is 699. The zero-order valence-corrected chi connectivity index (χ0v) is 12.6. The summed E-state index contributed by atoms with van der Waals surface area (Å²) < 4.78 is 0. The number of aromatic nitrogens is 1. The second-order valence-corrected chi connectivity index (χ2v) is 5.40. The van der Waals surface area contributed by atoms with E-state index < -0.39 is 0 Å². The first kappa shape index (κ1) is 14.4. The predicted molar refractivity (Wildman–Crippen MR) is 84.3 cm³/mol. The van der Waals surface area contributed by atoms with Gasteiger partial charge in [0.15, 0.2) is 0 Å². The molecule has 3 heteroatoms. The van der Waals surface area contributed by atoms with Crippen molar-refractivity contribution in [3.05, 3.63) is 62.1 Å². The van der Waals surface area contributed by atoms with E-state index in [9.17, 15) is 4.79 Å². The minimum atomic E-state index is -0.182. The van der Waals surface area contributed by atoms with Gasteiger partial charge >= 0.3 is 0 Å². The molecule has 0 saturated heterocycles. The van der Waals surface area contributed by atoms with E-state index in [-0.39, 0.29) is 5.56 Å². The van der Waals surface area contributed by atoms with E-state index in [1.807, 2.05) is 6.92 Å². The van der Waals surface area contributed by atoms with Gasteiger partial charge in [0.05, 0.1) is 0 Å². The van der Waals surface area contributed by atoms with Gasteiger partial charge in [-0.1, -0.05) is 25.1 Å². The second kappa shape index (κ2) is 5.53. The van der Waals surface area contributed by atoms with Crippen molar-refractivity contribution in [2.24, 2.45) is 0 Å². The number of nitrogen functional groups attached to an aromatic ring is 1. The monoisotopic (exact) mass is 270 g/mol. The number of hydrogen-bond donors (Lipinski definition) is 2. The van der Waals surface area contributed by atoms with Gasteiger partial charge in [0.1, 0.15) is 5.69 Å². The fourth-order valence-electron chi connectivity index (χ4n) is 2.64. The van der Waals surface area contributed by atoms with Crippen LogP contribution in [0, 0.1) is 20.8 Å². The van der Waals surface area contributed by atoms with Gasteiger partial charge in [0, 0.05) is 12.1 Å². The van der Waals surface area contributed by atoms with Crippen molar-refractivity contribution in [3.8, 4) is 0 Å². The summed E-state index contributed by atoms with van der Waals surface area (Å²) in [6, 6.07) is 6.40. The van der Waals surface area contributed by atoms with Gasteiger partial charge in [-0.25, -0.2) is 0 Å². The Morgan fingerprint density at radius 3 is 2.40 bits per heavy atom. The Hall–Kier alpha value is -2.03. The van der Waals surface area contributed by atoms with Gasteiger partial charge in [0.25, 0.3) is 5.56 Å². The van der Waals surface area contributed by atoms with Crippen molar-refractivity contribution in [1.82, 2.24) is 4.98 Å². The fraction of sp³-hybridized carbons (Fsp3) is 0.353. The van der Waals surface area contributed by atoms with E-state index in [4.69, 9.17) is 5.73 Å². The van der Waals surface area contributed by atoms with E-state index in [1.165, 1.54) is 16.7 Å². The van der Waals surface area contributed by atoms with Gasteiger partial charge in [-0.3, -0.25) is 4.79 Å². The van der Waals surface area contributed by atoms with Crippen molar-refractivity contribution in [1.29, 1.82) is 0 Å². The minimum Gasteiger partial charge on any atom is -0.394 e. The molecule has 1 aromatic heterocycles. The number of nitrogens with two attached hydrogens (primary N) is 1. The van der Waals surface area contributed by atoms with Crippen LogP contribution in [-0.4, -0.2) is 4.98 Å². The molecule has 0 saturated carbocycles. The Labute approximate surface area is 119 Å². The number of H-pyrrole nitrogens is 1. The summed E-state index contributed by atoms with van der Waals surface area (Å²) in [6.45, 7) is 8.22. The van der Waals surface area contributed by atoms with Crippen molar-refractivity contribution >= 4 is 5.69 Å². The Kier molecular flexibility index (Phi) is 3.98. The number of rotatable bonds is 3. The molecule has 0 aliphatic heterocycles. The summed E-state index contributed by atoms with van der Waals surface area (Å²) in [6.07, 6.45) is 1.58. The van der Waals surface area contributed by atoms with Gasteiger partial charge in [-0.15, -0.1) is 0 Å². The Balaban J connectivity index is 2.52. The van der Waals surface area contributed by atoms with Gasteiger partial charge < -0.3 is 10.7 Å². The molecule has 0 aliphatic rings. The van der Waals surface area contributed by atoms with Crippen LogP contribution in [0.3, 0.4) is 0 Å². The Morgan fingerprint density at radius 2 is 1.80 bits per heavy atom. The number of aryl methyl sites for hydroxylation is 3. The van der Waals surface area contributed by atoms with Crippen LogP contribution in [0.4, 0.5) is 5.69 Å². The smallest absolute Gasteiger partial charge is 0.271 e. The molecule has 2 aromatic rings. The molecule has 106 valence electrons. The summed E-state index contributed by atoms with van der Waals surface area (Å²) in [7, 11) is 0. The molecule has 20 heavy (non-hydrogen) atoms. The lowest BCUT2D eigenvalue weighted by Crippen LogP contribution is -2.19. The largest absolute Gasteiger partial charge is 0.394 e. The molecular formula is C17H22N2O. The molecule has 3 N–H and O–H groups in total. The zero-order valence-electron chi connectivity index (χ0n) is 12.6. The van der Waals surface area contributed by atoms with Crippen molar-refractivity contribution < 1.29 is 0 Å². The van der Waals surface area contributed by atoms with E-state index in [1.54, 1.807) is 0 Å². The van der Waals surface area contributed by atoms with Gasteiger partial charge in [0.2, 0.25) is 0 Å².